The average molecular weight is 538 g/mol. The van der Waals surface area contributed by atoms with Crippen LogP contribution in [0.2, 0.25) is 0 Å². The monoisotopic (exact) mass is 537 g/mol. The maximum atomic E-state index is 11.5. The third kappa shape index (κ3) is 7.56. The van der Waals surface area contributed by atoms with Crippen molar-refractivity contribution in [1.29, 1.82) is 0 Å². The number of thiophene rings is 1. The number of pyridine rings is 1. The number of anilines is 1. The lowest BCUT2D eigenvalue weighted by molar-refractivity contribution is -0.147. The summed E-state index contributed by atoms with van der Waals surface area (Å²) in [5, 5.41) is 12.3. The van der Waals surface area contributed by atoms with Crippen LogP contribution in [0.5, 0.6) is 5.75 Å². The van der Waals surface area contributed by atoms with Gasteiger partial charge in [0.1, 0.15) is 5.75 Å². The predicted octanol–water partition coefficient (Wildman–Crippen LogP) is 3.97. The van der Waals surface area contributed by atoms with Gasteiger partial charge in [0.2, 0.25) is 5.56 Å². The van der Waals surface area contributed by atoms with E-state index in [1.165, 1.54) is 15.8 Å². The second-order valence-corrected chi connectivity index (χ2v) is 9.81. The van der Waals surface area contributed by atoms with E-state index in [4.69, 9.17) is 9.84 Å². The second-order valence-electron chi connectivity index (χ2n) is 8.87. The van der Waals surface area contributed by atoms with Gasteiger partial charge in [0.25, 0.3) is 6.47 Å². The molecule has 1 aliphatic heterocycles. The summed E-state index contributed by atoms with van der Waals surface area (Å²) in [4.78, 5) is 38.1. The molecule has 3 heterocycles. The van der Waals surface area contributed by atoms with Gasteiger partial charge < -0.3 is 24.5 Å². The zero-order valence-electron chi connectivity index (χ0n) is 21.0. The number of ether oxygens (including phenoxy) is 2. The molecular formula is C28H31N3O6S. The van der Waals surface area contributed by atoms with Gasteiger partial charge in [-0.2, -0.15) is 0 Å². The molecule has 0 atom stereocenters. The highest BCUT2D eigenvalue weighted by Crippen LogP contribution is 2.31. The van der Waals surface area contributed by atoms with E-state index in [2.05, 4.69) is 49.2 Å². The second kappa shape index (κ2) is 13.6. The number of benzene rings is 2. The van der Waals surface area contributed by atoms with Gasteiger partial charge in [-0.05, 0) is 66.6 Å². The van der Waals surface area contributed by atoms with Gasteiger partial charge in [0, 0.05) is 54.1 Å². The summed E-state index contributed by atoms with van der Waals surface area (Å²) in [6, 6.07) is 18.1. The molecule has 200 valence electrons. The molecule has 4 aromatic rings. The molecule has 0 unspecified atom stereocenters. The summed E-state index contributed by atoms with van der Waals surface area (Å²) in [6.07, 6.45) is 2.16. The molecule has 0 radical (unpaired) electrons. The van der Waals surface area contributed by atoms with Crippen molar-refractivity contribution in [2.45, 2.75) is 12.8 Å². The third-order valence-corrected chi connectivity index (χ3v) is 7.18. The smallest absolute Gasteiger partial charge is 0.341 e. The number of H-pyrrole nitrogens is 1. The van der Waals surface area contributed by atoms with E-state index in [1.807, 2.05) is 35.6 Å². The largest absolute Gasteiger partial charge is 0.494 e. The van der Waals surface area contributed by atoms with E-state index in [-0.39, 0.29) is 12.0 Å². The predicted molar refractivity (Wildman–Crippen MR) is 149 cm³/mol. The highest BCUT2D eigenvalue weighted by atomic mass is 32.1. The Bertz CT molecular complexity index is 1410. The number of hydrogen-bond donors (Lipinski definition) is 2. The van der Waals surface area contributed by atoms with E-state index < -0.39 is 12.6 Å². The van der Waals surface area contributed by atoms with E-state index in [1.54, 1.807) is 6.07 Å². The standard InChI is InChI=1S/C25H27N3O2S.C3H4O4/c29-25-9-7-19-6-8-20(18-22(19)26-25)30-16-2-1-11-27-12-14-28(15-13-27)23-4-3-5-24-21(23)10-17-31-24;4-2-7-1-3(5)6/h3-10,17-18H,1-2,11-16H2,(H,26,29);2H,1H2,(H,5,6). The van der Waals surface area contributed by atoms with Crippen LogP contribution in [0, 0.1) is 0 Å². The number of carboxylic acids is 1. The van der Waals surface area contributed by atoms with Crippen LogP contribution in [0.4, 0.5) is 5.69 Å². The van der Waals surface area contributed by atoms with Crippen LogP contribution < -0.4 is 15.2 Å². The number of carbonyl (C=O) groups excluding carboxylic acids is 1. The molecule has 2 aromatic carbocycles. The molecule has 0 aliphatic carbocycles. The quantitative estimate of drug-likeness (QED) is 0.231. The van der Waals surface area contributed by atoms with E-state index in [9.17, 15) is 14.4 Å². The van der Waals surface area contributed by atoms with Crippen molar-refractivity contribution in [3.05, 3.63) is 70.3 Å². The number of carbonyl (C=O) groups is 2. The van der Waals surface area contributed by atoms with Gasteiger partial charge >= 0.3 is 5.97 Å². The number of aromatic nitrogens is 1. The van der Waals surface area contributed by atoms with Crippen molar-refractivity contribution < 1.29 is 24.2 Å². The Hall–Kier alpha value is -3.89. The Morgan fingerprint density at radius 1 is 1.05 bits per heavy atom. The molecule has 5 rings (SSSR count). The Labute approximate surface area is 224 Å². The topological polar surface area (TPSA) is 112 Å². The van der Waals surface area contributed by atoms with Crippen molar-refractivity contribution in [3.63, 3.8) is 0 Å². The number of fused-ring (bicyclic) bond motifs is 2. The highest BCUT2D eigenvalue weighted by Gasteiger charge is 2.18. The van der Waals surface area contributed by atoms with Crippen LogP contribution in [0.25, 0.3) is 21.0 Å². The van der Waals surface area contributed by atoms with Crippen LogP contribution >= 0.6 is 11.3 Å². The Balaban J connectivity index is 0.000000426. The minimum absolute atomic E-state index is 0.0863. The van der Waals surface area contributed by atoms with Crippen LogP contribution in [-0.4, -0.2) is 73.4 Å². The lowest BCUT2D eigenvalue weighted by atomic mass is 10.2. The molecule has 2 N–H and O–H groups in total. The van der Waals surface area contributed by atoms with Gasteiger partial charge in [-0.3, -0.25) is 14.5 Å². The van der Waals surface area contributed by atoms with Crippen LogP contribution in [0.15, 0.2) is 64.8 Å². The molecule has 0 bridgehead atoms. The Morgan fingerprint density at radius 2 is 1.87 bits per heavy atom. The lowest BCUT2D eigenvalue weighted by Crippen LogP contribution is -2.46. The number of nitrogens with one attached hydrogen (secondary N) is 1. The first-order valence-corrected chi connectivity index (χ1v) is 13.4. The normalized spacial score (nSPS) is 13.6. The van der Waals surface area contributed by atoms with Gasteiger partial charge in [0.05, 0.1) is 12.1 Å². The fourth-order valence-corrected chi connectivity index (χ4v) is 5.23. The highest BCUT2D eigenvalue weighted by molar-refractivity contribution is 7.17. The number of piperazine rings is 1. The minimum Gasteiger partial charge on any atom is -0.494 e. The number of aromatic amines is 1. The third-order valence-electron chi connectivity index (χ3n) is 6.29. The fourth-order valence-electron chi connectivity index (χ4n) is 4.42. The number of hydrogen-bond acceptors (Lipinski definition) is 8. The zero-order chi connectivity index (χ0) is 26.7. The summed E-state index contributed by atoms with van der Waals surface area (Å²) >= 11 is 1.82. The molecular weight excluding hydrogens is 506 g/mol. The van der Waals surface area contributed by atoms with Crippen LogP contribution in [-0.2, 0) is 14.3 Å². The first-order valence-electron chi connectivity index (χ1n) is 12.5. The first kappa shape index (κ1) is 27.2. The van der Waals surface area contributed by atoms with E-state index >= 15 is 0 Å². The molecule has 1 saturated heterocycles. The summed E-state index contributed by atoms with van der Waals surface area (Å²) < 4.78 is 11.1. The minimum atomic E-state index is -1.15. The van der Waals surface area contributed by atoms with E-state index in [0.29, 0.717) is 6.61 Å². The maximum absolute atomic E-state index is 11.5. The molecule has 1 fully saturated rings. The molecule has 2 aromatic heterocycles. The zero-order valence-corrected chi connectivity index (χ0v) is 21.8. The average Bonchev–Trinajstić information content (AvgIpc) is 3.41. The van der Waals surface area contributed by atoms with E-state index in [0.717, 1.165) is 62.2 Å². The SMILES string of the molecule is O=COCC(=O)O.O=c1ccc2ccc(OCCCCN3CCN(c4cccc5sccc45)CC3)cc2[nH]1. The molecule has 1 aliphatic rings. The van der Waals surface area contributed by atoms with Crippen molar-refractivity contribution in [1.82, 2.24) is 9.88 Å². The molecule has 0 amide bonds. The summed E-state index contributed by atoms with van der Waals surface area (Å²) in [5.74, 6) is -0.335. The summed E-state index contributed by atoms with van der Waals surface area (Å²) in [7, 11) is 0. The molecule has 10 heteroatoms. The summed E-state index contributed by atoms with van der Waals surface area (Å²) in [6.45, 7) is 5.74. The summed E-state index contributed by atoms with van der Waals surface area (Å²) in [5.41, 5.74) is 2.11. The van der Waals surface area contributed by atoms with Gasteiger partial charge in [-0.25, -0.2) is 4.79 Å². The number of unbranched alkanes of at least 4 members (excludes halogenated alkanes) is 1. The van der Waals surface area contributed by atoms with Crippen molar-refractivity contribution in [2.24, 2.45) is 0 Å². The Kier molecular flexibility index (Phi) is 9.71. The Morgan fingerprint density at radius 3 is 2.63 bits per heavy atom. The molecule has 9 nitrogen and oxygen atoms in total. The van der Waals surface area contributed by atoms with Gasteiger partial charge in [0.15, 0.2) is 6.61 Å². The fraction of sp³-hybridized carbons (Fsp3) is 0.321. The molecule has 38 heavy (non-hydrogen) atoms. The molecule has 0 spiro atoms. The van der Waals surface area contributed by atoms with Crippen molar-refractivity contribution in [2.75, 3.05) is 50.8 Å². The van der Waals surface area contributed by atoms with Gasteiger partial charge in [-0.15, -0.1) is 11.3 Å². The number of rotatable bonds is 10. The number of nitrogens with zero attached hydrogens (tertiary/aromatic N) is 2. The van der Waals surface area contributed by atoms with Crippen molar-refractivity contribution in [3.8, 4) is 5.75 Å². The first-order chi connectivity index (χ1) is 18.5. The van der Waals surface area contributed by atoms with Crippen LogP contribution in [0.3, 0.4) is 0 Å². The van der Waals surface area contributed by atoms with Gasteiger partial charge in [-0.1, -0.05) is 6.07 Å². The van der Waals surface area contributed by atoms with Crippen molar-refractivity contribution >= 4 is 50.5 Å². The molecule has 0 saturated carbocycles. The lowest BCUT2D eigenvalue weighted by Gasteiger charge is -2.36. The number of carboxylic acid groups (broad SMARTS) is 1. The maximum Gasteiger partial charge on any atom is 0.341 e. The number of aliphatic carboxylic acids is 1. The van der Waals surface area contributed by atoms with Crippen LogP contribution in [0.1, 0.15) is 12.8 Å².